The second kappa shape index (κ2) is 23.4. The molecule has 0 bridgehead atoms. The summed E-state index contributed by atoms with van der Waals surface area (Å²) in [5, 5.41) is 33.5. The Morgan fingerprint density at radius 3 is 1.26 bits per heavy atom. The summed E-state index contributed by atoms with van der Waals surface area (Å²) in [4.78, 5) is 10.3. The minimum atomic E-state index is -0.986. The van der Waals surface area contributed by atoms with Gasteiger partial charge >= 0.3 is 5.97 Å². The van der Waals surface area contributed by atoms with Gasteiger partial charge in [0.15, 0.2) is 0 Å². The first kappa shape index (κ1) is 28.6. The van der Waals surface area contributed by atoms with Crippen LogP contribution in [0.25, 0.3) is 0 Å². The first-order chi connectivity index (χ1) is 13.0. The predicted octanol–water partition coefficient (Wildman–Crippen LogP) is 5.05. The Morgan fingerprint density at radius 1 is 0.704 bits per heavy atom. The van der Waals surface area contributed by atoms with E-state index in [2.05, 4.69) is 6.92 Å². The van der Waals surface area contributed by atoms with Crippen molar-refractivity contribution < 1.29 is 25.2 Å². The number of carbonyl (C=O) groups is 1. The third-order valence-electron chi connectivity index (χ3n) is 4.74. The smallest absolute Gasteiger partial charge is 0.303 e. The molecule has 0 rings (SSSR count). The van der Waals surface area contributed by atoms with Crippen LogP contribution in [0, 0.1) is 0 Å². The number of carboxylic acids is 1. The summed E-state index contributed by atoms with van der Waals surface area (Å²) in [5.74, 6) is -0.653. The normalized spacial score (nSPS) is 12.9. The second-order valence-electron chi connectivity index (χ2n) is 7.58. The van der Waals surface area contributed by atoms with Crippen LogP contribution in [-0.4, -0.2) is 45.2 Å². The van der Waals surface area contributed by atoms with Crippen LogP contribution in [0.1, 0.15) is 117 Å². The molecule has 0 aromatic heterocycles. The highest BCUT2D eigenvalue weighted by Gasteiger charge is 2.06. The fraction of sp³-hybridized carbons (Fsp3) is 0.955. The van der Waals surface area contributed by atoms with Gasteiger partial charge in [-0.2, -0.15) is 0 Å². The average Bonchev–Trinajstić information content (AvgIpc) is 2.64. The van der Waals surface area contributed by atoms with E-state index in [0.717, 1.165) is 12.8 Å². The first-order valence-corrected chi connectivity index (χ1v) is 11.1. The first-order valence-electron chi connectivity index (χ1n) is 11.1. The number of unbranched alkanes of at least 4 members (excludes halogenated alkanes) is 14. The number of hydrogen-bond acceptors (Lipinski definition) is 4. The summed E-state index contributed by atoms with van der Waals surface area (Å²) in [6.45, 7) is 3.31. The largest absolute Gasteiger partial charge is 0.481 e. The van der Waals surface area contributed by atoms with E-state index < -0.39 is 18.2 Å². The van der Waals surface area contributed by atoms with E-state index in [4.69, 9.17) is 20.4 Å². The Hall–Kier alpha value is -0.650. The van der Waals surface area contributed by atoms with E-state index in [9.17, 15) is 4.79 Å². The highest BCUT2D eigenvalue weighted by Crippen LogP contribution is 2.13. The molecule has 0 aliphatic carbocycles. The van der Waals surface area contributed by atoms with Crippen molar-refractivity contribution in [3.05, 3.63) is 0 Å². The van der Waals surface area contributed by atoms with Crippen LogP contribution in [0.5, 0.6) is 0 Å². The monoisotopic (exact) mass is 390 g/mol. The Kier molecular flexibility index (Phi) is 24.7. The van der Waals surface area contributed by atoms with Gasteiger partial charge in [0.2, 0.25) is 0 Å². The molecule has 0 fully saturated rings. The van der Waals surface area contributed by atoms with Gasteiger partial charge in [-0.25, -0.2) is 0 Å². The highest BCUT2D eigenvalue weighted by molar-refractivity contribution is 5.66. The van der Waals surface area contributed by atoms with Crippen LogP contribution in [0.2, 0.25) is 0 Å². The molecule has 0 aliphatic heterocycles. The molecule has 0 saturated heterocycles. The van der Waals surface area contributed by atoms with Crippen molar-refractivity contribution in [3.8, 4) is 0 Å². The van der Waals surface area contributed by atoms with Crippen LogP contribution in [0.15, 0.2) is 0 Å². The topological polar surface area (TPSA) is 98.0 Å². The van der Waals surface area contributed by atoms with Gasteiger partial charge in [0.05, 0.1) is 12.7 Å². The summed E-state index contributed by atoms with van der Waals surface area (Å²) in [7, 11) is 0. The highest BCUT2D eigenvalue weighted by atomic mass is 16.4. The molecule has 0 heterocycles. The zero-order valence-electron chi connectivity index (χ0n) is 17.9. The molecule has 0 spiro atoms. The summed E-state index contributed by atoms with van der Waals surface area (Å²) < 4.78 is 0. The molecule has 5 heteroatoms. The Bertz CT molecular complexity index is 294. The molecule has 0 aromatic carbocycles. The maximum atomic E-state index is 10.3. The molecule has 27 heavy (non-hydrogen) atoms. The van der Waals surface area contributed by atoms with Gasteiger partial charge < -0.3 is 20.4 Å². The van der Waals surface area contributed by atoms with E-state index in [0.29, 0.717) is 6.42 Å². The van der Waals surface area contributed by atoms with Crippen molar-refractivity contribution in [2.45, 2.75) is 129 Å². The molecule has 5 nitrogen and oxygen atoms in total. The molecule has 0 aliphatic rings. The molecule has 2 atom stereocenters. The molecule has 0 radical (unpaired) electrons. The summed E-state index contributed by atoms with van der Waals surface area (Å²) in [6, 6.07) is 0. The van der Waals surface area contributed by atoms with Crippen LogP contribution in [0.4, 0.5) is 0 Å². The van der Waals surface area contributed by atoms with E-state index in [-0.39, 0.29) is 6.61 Å². The van der Waals surface area contributed by atoms with Gasteiger partial charge in [0.1, 0.15) is 6.10 Å². The standard InChI is InChI=1S/C18H36O2.C4H10O3/c1-2-3-4-5-6-7-8-9-10-11-12-13-14-15-16-17-18(19)20;1-3(6)4(7)2-5/h2-17H2,1H3,(H,19,20);3-7H,2H2,1H3. The van der Waals surface area contributed by atoms with Crippen molar-refractivity contribution in [3.63, 3.8) is 0 Å². The summed E-state index contributed by atoms with van der Waals surface area (Å²) in [5.41, 5.74) is 0. The molecule has 0 aromatic rings. The quantitative estimate of drug-likeness (QED) is 0.245. The Balaban J connectivity index is 0. The summed E-state index contributed by atoms with van der Waals surface area (Å²) in [6.07, 6.45) is 18.4. The molecule has 164 valence electrons. The number of rotatable bonds is 18. The third-order valence-corrected chi connectivity index (χ3v) is 4.74. The maximum absolute atomic E-state index is 10.3. The molecule has 0 saturated carbocycles. The zero-order chi connectivity index (χ0) is 20.8. The lowest BCUT2D eigenvalue weighted by Crippen LogP contribution is -2.25. The fourth-order valence-electron chi connectivity index (χ4n) is 2.80. The second-order valence-corrected chi connectivity index (χ2v) is 7.58. The van der Waals surface area contributed by atoms with Crippen molar-refractivity contribution in [1.29, 1.82) is 0 Å². The fourth-order valence-corrected chi connectivity index (χ4v) is 2.80. The van der Waals surface area contributed by atoms with E-state index >= 15 is 0 Å². The van der Waals surface area contributed by atoms with E-state index in [1.54, 1.807) is 0 Å². The molecule has 2 unspecified atom stereocenters. The molecule has 4 N–H and O–H groups in total. The lowest BCUT2D eigenvalue weighted by molar-refractivity contribution is -0.137. The lowest BCUT2D eigenvalue weighted by Gasteiger charge is -2.07. The van der Waals surface area contributed by atoms with Crippen LogP contribution >= 0.6 is 0 Å². The number of aliphatic carboxylic acids is 1. The van der Waals surface area contributed by atoms with Gasteiger partial charge in [-0.05, 0) is 13.3 Å². The third kappa shape index (κ3) is 27.7. The number of aliphatic hydroxyl groups excluding tert-OH is 3. The molecular formula is C22H46O5. The Labute approximate surface area is 167 Å². The number of aliphatic hydroxyl groups is 3. The van der Waals surface area contributed by atoms with Gasteiger partial charge in [0.25, 0.3) is 0 Å². The molecular weight excluding hydrogens is 344 g/mol. The number of hydrogen-bond donors (Lipinski definition) is 4. The maximum Gasteiger partial charge on any atom is 0.303 e. The van der Waals surface area contributed by atoms with E-state index in [1.165, 1.54) is 90.4 Å². The van der Waals surface area contributed by atoms with Crippen molar-refractivity contribution >= 4 is 5.97 Å². The SMILES string of the molecule is CC(O)C(O)CO.CCCCCCCCCCCCCCCCCC(=O)O. The van der Waals surface area contributed by atoms with E-state index in [1.807, 2.05) is 0 Å². The number of carboxylic acid groups (broad SMARTS) is 1. The van der Waals surface area contributed by atoms with Gasteiger partial charge in [-0.15, -0.1) is 0 Å². The van der Waals surface area contributed by atoms with Crippen molar-refractivity contribution in [1.82, 2.24) is 0 Å². The van der Waals surface area contributed by atoms with Crippen LogP contribution < -0.4 is 0 Å². The lowest BCUT2D eigenvalue weighted by atomic mass is 10.0. The van der Waals surface area contributed by atoms with Gasteiger partial charge in [-0.3, -0.25) is 4.79 Å². The average molecular weight is 391 g/mol. The minimum Gasteiger partial charge on any atom is -0.481 e. The summed E-state index contributed by atoms with van der Waals surface area (Å²) >= 11 is 0. The zero-order valence-corrected chi connectivity index (χ0v) is 17.9. The van der Waals surface area contributed by atoms with Crippen molar-refractivity contribution in [2.24, 2.45) is 0 Å². The van der Waals surface area contributed by atoms with Crippen LogP contribution in [-0.2, 0) is 4.79 Å². The van der Waals surface area contributed by atoms with Gasteiger partial charge in [-0.1, -0.05) is 96.8 Å². The Morgan fingerprint density at radius 2 is 1.04 bits per heavy atom. The predicted molar refractivity (Wildman–Crippen MR) is 112 cm³/mol. The van der Waals surface area contributed by atoms with Crippen molar-refractivity contribution in [2.75, 3.05) is 6.61 Å². The minimum absolute atomic E-state index is 0.345. The molecule has 0 amide bonds. The van der Waals surface area contributed by atoms with Crippen LogP contribution in [0.3, 0.4) is 0 Å². The van der Waals surface area contributed by atoms with Gasteiger partial charge in [0, 0.05) is 6.42 Å².